The normalized spacial score (nSPS) is 18.7. The number of aliphatic imine (C=N–C) groups is 1. The molecule has 102 valence electrons. The van der Waals surface area contributed by atoms with E-state index in [1.54, 1.807) is 0 Å². The highest BCUT2D eigenvalue weighted by Gasteiger charge is 2.34. The van der Waals surface area contributed by atoms with Crippen LogP contribution in [0.25, 0.3) is 0 Å². The van der Waals surface area contributed by atoms with Crippen molar-refractivity contribution in [3.63, 3.8) is 0 Å². The van der Waals surface area contributed by atoms with Gasteiger partial charge in [-0.2, -0.15) is 0 Å². The first-order chi connectivity index (χ1) is 9.34. The van der Waals surface area contributed by atoms with Gasteiger partial charge in [-0.05, 0) is 18.2 Å². The van der Waals surface area contributed by atoms with Crippen molar-refractivity contribution >= 4 is 28.6 Å². The zero-order valence-electron chi connectivity index (χ0n) is 10.7. The van der Waals surface area contributed by atoms with E-state index in [-0.39, 0.29) is 23.0 Å². The first-order valence-electron chi connectivity index (χ1n) is 6.29. The topological polar surface area (TPSA) is 50.9 Å². The van der Waals surface area contributed by atoms with Crippen molar-refractivity contribution in [3.05, 3.63) is 54.1 Å². The van der Waals surface area contributed by atoms with Gasteiger partial charge in [0.2, 0.25) is 0 Å². The Kier molecular flexibility index (Phi) is 3.14. The molecule has 2 heterocycles. The lowest BCUT2D eigenvalue weighted by Crippen LogP contribution is -2.35. The smallest absolute Gasteiger partial charge is 0.196 e. The zero-order chi connectivity index (χ0) is 12.8. The van der Waals surface area contributed by atoms with Gasteiger partial charge in [0.1, 0.15) is 5.75 Å². The highest BCUT2D eigenvalue weighted by atomic mass is 79.9. The summed E-state index contributed by atoms with van der Waals surface area (Å²) in [6.45, 7) is 0.667. The summed E-state index contributed by atoms with van der Waals surface area (Å²) in [7, 11) is 0. The molecule has 0 fully saturated rings. The number of para-hydroxylation sites is 3. The summed E-state index contributed by atoms with van der Waals surface area (Å²) in [6.07, 6.45) is 0. The molecule has 0 spiro atoms. The van der Waals surface area contributed by atoms with Crippen LogP contribution in [-0.4, -0.2) is 12.5 Å². The Labute approximate surface area is 127 Å². The largest absolute Gasteiger partial charge is 0.455 e. The molecular formula is C15H14BrN3O. The van der Waals surface area contributed by atoms with Gasteiger partial charge in [-0.15, -0.1) is 17.0 Å². The molecule has 0 saturated heterocycles. The van der Waals surface area contributed by atoms with Crippen LogP contribution in [0.1, 0.15) is 11.6 Å². The molecule has 2 aromatic carbocycles. The molecule has 4 nitrogen and oxygen atoms in total. The Balaban J connectivity index is 0.00000121. The van der Waals surface area contributed by atoms with E-state index < -0.39 is 0 Å². The number of rotatable bonds is 0. The summed E-state index contributed by atoms with van der Waals surface area (Å²) in [5, 5.41) is 0. The maximum absolute atomic E-state index is 6.05. The molecule has 1 unspecified atom stereocenters. The molecule has 5 heteroatoms. The number of hydrogen-bond acceptors (Lipinski definition) is 4. The number of nitrogens with zero attached hydrogens (tertiary/aromatic N) is 2. The zero-order valence-corrected chi connectivity index (χ0v) is 12.4. The molecule has 2 aromatic rings. The van der Waals surface area contributed by atoms with Crippen LogP contribution >= 0.6 is 17.0 Å². The molecule has 0 radical (unpaired) electrons. The van der Waals surface area contributed by atoms with E-state index in [0.29, 0.717) is 12.5 Å². The lowest BCUT2D eigenvalue weighted by Gasteiger charge is -2.24. The highest BCUT2D eigenvalue weighted by Crippen LogP contribution is 2.45. The molecular weight excluding hydrogens is 318 g/mol. The number of anilines is 1. The average Bonchev–Trinajstić information content (AvgIpc) is 2.75. The van der Waals surface area contributed by atoms with Gasteiger partial charge in [0.15, 0.2) is 11.7 Å². The van der Waals surface area contributed by atoms with Crippen molar-refractivity contribution in [1.29, 1.82) is 0 Å². The van der Waals surface area contributed by atoms with E-state index in [4.69, 9.17) is 10.5 Å². The van der Waals surface area contributed by atoms with Crippen LogP contribution in [0.3, 0.4) is 0 Å². The van der Waals surface area contributed by atoms with Crippen LogP contribution in [0.4, 0.5) is 5.69 Å². The predicted octanol–water partition coefficient (Wildman–Crippen LogP) is 3.25. The van der Waals surface area contributed by atoms with Crippen LogP contribution < -0.4 is 15.4 Å². The number of nitrogens with two attached hydrogens (primary N) is 1. The molecule has 2 N–H and O–H groups in total. The van der Waals surface area contributed by atoms with Gasteiger partial charge in [-0.1, -0.05) is 30.3 Å². The second-order valence-electron chi connectivity index (χ2n) is 4.69. The average molecular weight is 332 g/mol. The van der Waals surface area contributed by atoms with Crippen molar-refractivity contribution < 1.29 is 4.74 Å². The molecule has 20 heavy (non-hydrogen) atoms. The molecule has 0 amide bonds. The third-order valence-electron chi connectivity index (χ3n) is 3.61. The van der Waals surface area contributed by atoms with E-state index in [2.05, 4.69) is 16.0 Å². The van der Waals surface area contributed by atoms with Gasteiger partial charge in [-0.25, -0.2) is 0 Å². The summed E-state index contributed by atoms with van der Waals surface area (Å²) in [5.41, 5.74) is 8.15. The fourth-order valence-electron chi connectivity index (χ4n) is 2.74. The highest BCUT2D eigenvalue weighted by molar-refractivity contribution is 8.93. The maximum atomic E-state index is 6.05. The first kappa shape index (κ1) is 13.0. The van der Waals surface area contributed by atoms with E-state index >= 15 is 0 Å². The third kappa shape index (κ3) is 1.78. The minimum atomic E-state index is 0. The van der Waals surface area contributed by atoms with Crippen molar-refractivity contribution in [3.8, 4) is 11.5 Å². The van der Waals surface area contributed by atoms with E-state index in [1.807, 2.05) is 42.5 Å². The number of guanidine groups is 1. The third-order valence-corrected chi connectivity index (χ3v) is 3.61. The molecule has 0 saturated carbocycles. The molecule has 1 atom stereocenters. The maximum Gasteiger partial charge on any atom is 0.196 e. The van der Waals surface area contributed by atoms with Crippen molar-refractivity contribution in [2.75, 3.05) is 11.4 Å². The van der Waals surface area contributed by atoms with Crippen molar-refractivity contribution in [1.82, 2.24) is 0 Å². The van der Waals surface area contributed by atoms with E-state index in [0.717, 1.165) is 22.7 Å². The quantitative estimate of drug-likeness (QED) is 0.806. The summed E-state index contributed by atoms with van der Waals surface area (Å²) in [5.74, 6) is 2.25. The lowest BCUT2D eigenvalue weighted by molar-refractivity contribution is 0.482. The second kappa shape index (κ2) is 4.83. The van der Waals surface area contributed by atoms with Crippen LogP contribution in [0.2, 0.25) is 0 Å². The number of benzene rings is 2. The van der Waals surface area contributed by atoms with Crippen molar-refractivity contribution in [2.45, 2.75) is 6.04 Å². The van der Waals surface area contributed by atoms with Gasteiger partial charge >= 0.3 is 0 Å². The Morgan fingerprint density at radius 1 is 1.05 bits per heavy atom. The molecule has 2 aliphatic heterocycles. The molecule has 2 aliphatic rings. The number of hydrogen-bond donors (Lipinski definition) is 1. The monoisotopic (exact) mass is 331 g/mol. The SMILES string of the molecule is Br.NC1=NCC2c3ccccc3Oc3ccccc3N12. The van der Waals surface area contributed by atoms with Crippen LogP contribution in [0.5, 0.6) is 11.5 Å². The van der Waals surface area contributed by atoms with Gasteiger partial charge < -0.3 is 10.5 Å². The van der Waals surface area contributed by atoms with E-state index in [1.165, 1.54) is 0 Å². The van der Waals surface area contributed by atoms with Crippen molar-refractivity contribution in [2.24, 2.45) is 10.7 Å². The van der Waals surface area contributed by atoms with Crippen LogP contribution in [0, 0.1) is 0 Å². The number of ether oxygens (including phenoxy) is 1. The Morgan fingerprint density at radius 2 is 1.75 bits per heavy atom. The minimum absolute atomic E-state index is 0. The fraction of sp³-hybridized carbons (Fsp3) is 0.133. The Hall–Kier alpha value is -2.01. The minimum Gasteiger partial charge on any atom is -0.455 e. The summed E-state index contributed by atoms with van der Waals surface area (Å²) in [6, 6.07) is 16.1. The Morgan fingerprint density at radius 3 is 2.60 bits per heavy atom. The van der Waals surface area contributed by atoms with Crippen LogP contribution in [-0.2, 0) is 0 Å². The van der Waals surface area contributed by atoms with Gasteiger partial charge in [0.05, 0.1) is 18.3 Å². The molecule has 4 rings (SSSR count). The number of fused-ring (bicyclic) bond motifs is 5. The lowest BCUT2D eigenvalue weighted by atomic mass is 10.1. The molecule has 0 bridgehead atoms. The van der Waals surface area contributed by atoms with E-state index in [9.17, 15) is 0 Å². The fourth-order valence-corrected chi connectivity index (χ4v) is 2.74. The van der Waals surface area contributed by atoms with Gasteiger partial charge in [-0.3, -0.25) is 9.89 Å². The van der Waals surface area contributed by atoms with Crippen LogP contribution in [0.15, 0.2) is 53.5 Å². The Bertz CT molecular complexity index is 686. The first-order valence-corrected chi connectivity index (χ1v) is 6.29. The standard InChI is InChI=1S/C15H13N3O.BrH/c16-15-17-9-12-10-5-1-3-7-13(10)19-14-8-4-2-6-11(14)18(12)15;/h1-8,12H,9H2,(H2,16,17);1H. The van der Waals surface area contributed by atoms with Gasteiger partial charge in [0, 0.05) is 5.56 Å². The summed E-state index contributed by atoms with van der Waals surface area (Å²) in [4.78, 5) is 6.44. The predicted molar refractivity (Wildman–Crippen MR) is 85.0 cm³/mol. The molecule has 0 aliphatic carbocycles. The van der Waals surface area contributed by atoms with Gasteiger partial charge in [0.25, 0.3) is 0 Å². The number of halogens is 1. The summed E-state index contributed by atoms with van der Waals surface area (Å²) >= 11 is 0. The second-order valence-corrected chi connectivity index (χ2v) is 4.69. The summed E-state index contributed by atoms with van der Waals surface area (Å²) < 4.78 is 6.03. The molecule has 0 aromatic heterocycles.